The highest BCUT2D eigenvalue weighted by atomic mass is 32.2. The van der Waals surface area contributed by atoms with Gasteiger partial charge in [-0.1, -0.05) is 42.0 Å². The Labute approximate surface area is 141 Å². The lowest BCUT2D eigenvalue weighted by atomic mass is 10.1. The molecule has 24 heavy (non-hydrogen) atoms. The number of rotatable bonds is 7. The van der Waals surface area contributed by atoms with E-state index in [1.54, 1.807) is 0 Å². The Kier molecular flexibility index (Phi) is 5.83. The van der Waals surface area contributed by atoms with E-state index in [4.69, 9.17) is 0 Å². The molecule has 0 unspecified atom stereocenters. The lowest BCUT2D eigenvalue weighted by Crippen LogP contribution is -2.24. The summed E-state index contributed by atoms with van der Waals surface area (Å²) < 4.78 is 26.6. The fourth-order valence-corrected chi connectivity index (χ4v) is 3.15. The van der Waals surface area contributed by atoms with E-state index in [0.717, 1.165) is 11.1 Å². The number of non-ortho nitro benzene ring substituents is 1. The number of nitro groups is 1. The summed E-state index contributed by atoms with van der Waals surface area (Å²) in [5.41, 5.74) is 2.08. The molecule has 0 aliphatic rings. The van der Waals surface area contributed by atoms with Crippen molar-refractivity contribution in [3.05, 3.63) is 75.8 Å². The van der Waals surface area contributed by atoms with E-state index < -0.39 is 14.9 Å². The molecular formula is C17H18N2O4S. The van der Waals surface area contributed by atoms with Gasteiger partial charge in [0.25, 0.3) is 5.69 Å². The molecule has 0 saturated heterocycles. The van der Waals surface area contributed by atoms with Crippen molar-refractivity contribution in [3.63, 3.8) is 0 Å². The molecule has 0 radical (unpaired) electrons. The molecule has 0 fully saturated rings. The first-order valence-electron chi connectivity index (χ1n) is 7.36. The molecule has 0 aromatic heterocycles. The molecule has 2 aromatic rings. The van der Waals surface area contributed by atoms with Crippen LogP contribution in [0.4, 0.5) is 5.69 Å². The highest BCUT2D eigenvalue weighted by Gasteiger charge is 2.14. The molecule has 1 N–H and O–H groups in total. The Morgan fingerprint density at radius 1 is 1.17 bits per heavy atom. The standard InChI is InChI=1S/C17H18N2O4S/c1-14-5-4-7-15(13-14)6-2-3-12-18-24(22,23)17-10-8-16(9-11-17)19(20)21/h2,4-11,13,18H,3,12H2,1H3/b6-2+. The van der Waals surface area contributed by atoms with E-state index in [0.29, 0.717) is 6.42 Å². The van der Waals surface area contributed by atoms with Crippen molar-refractivity contribution < 1.29 is 13.3 Å². The third-order valence-electron chi connectivity index (χ3n) is 3.31. The van der Waals surface area contributed by atoms with Gasteiger partial charge in [0.05, 0.1) is 9.82 Å². The second-order valence-corrected chi connectivity index (χ2v) is 7.02. The molecule has 0 saturated carbocycles. The van der Waals surface area contributed by atoms with Gasteiger partial charge in [0.15, 0.2) is 0 Å². The number of hydrogen-bond acceptors (Lipinski definition) is 4. The predicted molar refractivity (Wildman–Crippen MR) is 93.1 cm³/mol. The van der Waals surface area contributed by atoms with Crippen LogP contribution in [0.1, 0.15) is 17.5 Å². The molecule has 126 valence electrons. The van der Waals surface area contributed by atoms with Gasteiger partial charge in [-0.25, -0.2) is 13.1 Å². The normalized spacial score (nSPS) is 11.7. The fourth-order valence-electron chi connectivity index (χ4n) is 2.10. The van der Waals surface area contributed by atoms with Gasteiger partial charge in [-0.05, 0) is 31.0 Å². The Morgan fingerprint density at radius 2 is 1.88 bits per heavy atom. The molecular weight excluding hydrogens is 328 g/mol. The van der Waals surface area contributed by atoms with Gasteiger partial charge in [-0.3, -0.25) is 10.1 Å². The average molecular weight is 346 g/mol. The Bertz CT molecular complexity index is 843. The van der Waals surface area contributed by atoms with Crippen LogP contribution in [-0.4, -0.2) is 19.9 Å². The minimum atomic E-state index is -3.66. The SMILES string of the molecule is Cc1cccc(/C=C/CCNS(=O)(=O)c2ccc([N+](=O)[O-])cc2)c1. The maximum atomic E-state index is 12.1. The number of aryl methyl sites for hydroxylation is 1. The van der Waals surface area contributed by atoms with Crippen molar-refractivity contribution in [1.82, 2.24) is 4.72 Å². The molecule has 0 bridgehead atoms. The number of sulfonamides is 1. The lowest BCUT2D eigenvalue weighted by Gasteiger charge is -2.05. The Hall–Kier alpha value is -2.51. The number of nitrogens with zero attached hydrogens (tertiary/aromatic N) is 1. The summed E-state index contributed by atoms with van der Waals surface area (Å²) in [6, 6.07) is 12.8. The van der Waals surface area contributed by atoms with Crippen molar-refractivity contribution in [2.45, 2.75) is 18.2 Å². The largest absolute Gasteiger partial charge is 0.269 e. The van der Waals surface area contributed by atoms with Crippen LogP contribution < -0.4 is 4.72 Å². The summed E-state index contributed by atoms with van der Waals surface area (Å²) >= 11 is 0. The zero-order valence-corrected chi connectivity index (χ0v) is 14.0. The highest BCUT2D eigenvalue weighted by Crippen LogP contribution is 2.15. The van der Waals surface area contributed by atoms with Crippen molar-refractivity contribution >= 4 is 21.8 Å². The van der Waals surface area contributed by atoms with Crippen molar-refractivity contribution in [1.29, 1.82) is 0 Å². The highest BCUT2D eigenvalue weighted by molar-refractivity contribution is 7.89. The molecule has 2 rings (SSSR count). The quantitative estimate of drug-likeness (QED) is 0.473. The van der Waals surface area contributed by atoms with Crippen LogP contribution in [0.3, 0.4) is 0 Å². The van der Waals surface area contributed by atoms with Gasteiger partial charge in [-0.15, -0.1) is 0 Å². The molecule has 0 spiro atoms. The van der Waals surface area contributed by atoms with Crippen LogP contribution in [-0.2, 0) is 10.0 Å². The summed E-state index contributed by atoms with van der Waals surface area (Å²) in [5, 5.41) is 10.6. The minimum Gasteiger partial charge on any atom is -0.258 e. The number of nitro benzene ring substituents is 1. The van der Waals surface area contributed by atoms with Gasteiger partial charge >= 0.3 is 0 Å². The molecule has 0 heterocycles. The van der Waals surface area contributed by atoms with E-state index >= 15 is 0 Å². The van der Waals surface area contributed by atoms with E-state index in [2.05, 4.69) is 4.72 Å². The smallest absolute Gasteiger partial charge is 0.258 e. The van der Waals surface area contributed by atoms with Gasteiger partial charge < -0.3 is 0 Å². The first-order valence-corrected chi connectivity index (χ1v) is 8.84. The molecule has 0 aliphatic carbocycles. The van der Waals surface area contributed by atoms with E-state index in [-0.39, 0.29) is 17.1 Å². The maximum absolute atomic E-state index is 12.1. The van der Waals surface area contributed by atoms with Gasteiger partial charge in [0.2, 0.25) is 10.0 Å². The fraction of sp³-hybridized carbons (Fsp3) is 0.176. The van der Waals surface area contributed by atoms with Gasteiger partial charge in [-0.2, -0.15) is 0 Å². The Balaban J connectivity index is 1.89. The zero-order valence-electron chi connectivity index (χ0n) is 13.2. The second kappa shape index (κ2) is 7.85. The summed E-state index contributed by atoms with van der Waals surface area (Å²) in [4.78, 5) is 10.0. The topological polar surface area (TPSA) is 89.3 Å². The van der Waals surface area contributed by atoms with Crippen molar-refractivity contribution in [3.8, 4) is 0 Å². The number of nitrogens with one attached hydrogen (secondary N) is 1. The third-order valence-corrected chi connectivity index (χ3v) is 4.79. The summed E-state index contributed by atoms with van der Waals surface area (Å²) in [6.07, 6.45) is 4.38. The van der Waals surface area contributed by atoms with Crippen molar-refractivity contribution in [2.24, 2.45) is 0 Å². The van der Waals surface area contributed by atoms with Crippen LogP contribution in [0, 0.1) is 17.0 Å². The van der Waals surface area contributed by atoms with Crippen LogP contribution in [0.15, 0.2) is 59.5 Å². The van der Waals surface area contributed by atoms with Crippen LogP contribution in [0.25, 0.3) is 6.08 Å². The van der Waals surface area contributed by atoms with E-state index in [1.807, 2.05) is 43.3 Å². The minimum absolute atomic E-state index is 0.00997. The van der Waals surface area contributed by atoms with E-state index in [1.165, 1.54) is 24.3 Å². The molecule has 7 heteroatoms. The van der Waals surface area contributed by atoms with Gasteiger partial charge in [0.1, 0.15) is 0 Å². The first-order chi connectivity index (χ1) is 11.4. The molecule has 6 nitrogen and oxygen atoms in total. The lowest BCUT2D eigenvalue weighted by molar-refractivity contribution is -0.384. The van der Waals surface area contributed by atoms with Crippen LogP contribution in [0.5, 0.6) is 0 Å². The number of hydrogen-bond donors (Lipinski definition) is 1. The van der Waals surface area contributed by atoms with E-state index in [9.17, 15) is 18.5 Å². The average Bonchev–Trinajstić information content (AvgIpc) is 2.54. The molecule has 0 amide bonds. The molecule has 0 aliphatic heterocycles. The summed E-state index contributed by atoms with van der Waals surface area (Å²) in [6.45, 7) is 2.26. The third kappa shape index (κ3) is 5.00. The van der Waals surface area contributed by atoms with Gasteiger partial charge in [0, 0.05) is 18.7 Å². The zero-order chi connectivity index (χ0) is 17.6. The first kappa shape index (κ1) is 17.8. The molecule has 2 aromatic carbocycles. The summed E-state index contributed by atoms with van der Waals surface area (Å²) in [7, 11) is -3.66. The van der Waals surface area contributed by atoms with Crippen molar-refractivity contribution in [2.75, 3.05) is 6.54 Å². The van der Waals surface area contributed by atoms with Crippen LogP contribution in [0.2, 0.25) is 0 Å². The second-order valence-electron chi connectivity index (χ2n) is 5.25. The monoisotopic (exact) mass is 346 g/mol. The Morgan fingerprint density at radius 3 is 2.50 bits per heavy atom. The predicted octanol–water partition coefficient (Wildman–Crippen LogP) is 3.29. The molecule has 0 atom stereocenters. The number of benzene rings is 2. The maximum Gasteiger partial charge on any atom is 0.269 e. The summed E-state index contributed by atoms with van der Waals surface area (Å²) in [5.74, 6) is 0. The van der Waals surface area contributed by atoms with Crippen LogP contribution >= 0.6 is 0 Å².